The normalized spacial score (nSPS) is 18.9. The van der Waals surface area contributed by atoms with Crippen molar-refractivity contribution in [2.45, 2.75) is 24.1 Å². The Hall–Kier alpha value is -0.360. The second-order valence-electron chi connectivity index (χ2n) is 5.04. The SMILES string of the molecule is CSC1(C(N)=S)CCN(Cc2c(F)cccc2Cl)CC1. The number of thioether (sulfide) groups is 1. The molecule has 1 aliphatic rings. The molecule has 2 nitrogen and oxygen atoms in total. The molecule has 0 bridgehead atoms. The van der Waals surface area contributed by atoms with Crippen LogP contribution >= 0.6 is 35.6 Å². The van der Waals surface area contributed by atoms with Gasteiger partial charge in [-0.25, -0.2) is 4.39 Å². The Balaban J connectivity index is 2.03. The van der Waals surface area contributed by atoms with Crippen LogP contribution in [0.25, 0.3) is 0 Å². The molecule has 0 unspecified atom stereocenters. The van der Waals surface area contributed by atoms with Crippen LogP contribution in [0.5, 0.6) is 0 Å². The van der Waals surface area contributed by atoms with Gasteiger partial charge in [0, 0.05) is 30.2 Å². The maximum atomic E-state index is 13.8. The Morgan fingerprint density at radius 1 is 1.50 bits per heavy atom. The average Bonchev–Trinajstić information content (AvgIpc) is 2.43. The van der Waals surface area contributed by atoms with Gasteiger partial charge in [0.15, 0.2) is 0 Å². The maximum absolute atomic E-state index is 13.8. The molecule has 0 aliphatic carbocycles. The summed E-state index contributed by atoms with van der Waals surface area (Å²) in [6, 6.07) is 4.81. The first-order chi connectivity index (χ1) is 9.48. The molecule has 20 heavy (non-hydrogen) atoms. The van der Waals surface area contributed by atoms with Crippen molar-refractivity contribution in [1.82, 2.24) is 4.90 Å². The Kier molecular flexibility index (Phi) is 5.29. The summed E-state index contributed by atoms with van der Waals surface area (Å²) in [4.78, 5) is 2.78. The van der Waals surface area contributed by atoms with E-state index >= 15 is 0 Å². The third-order valence-electron chi connectivity index (χ3n) is 3.95. The molecule has 0 saturated carbocycles. The van der Waals surface area contributed by atoms with Crippen molar-refractivity contribution < 1.29 is 4.39 Å². The summed E-state index contributed by atoms with van der Waals surface area (Å²) in [5.41, 5.74) is 6.44. The van der Waals surface area contributed by atoms with Gasteiger partial charge in [-0.15, -0.1) is 0 Å². The first kappa shape index (κ1) is 16.0. The summed E-state index contributed by atoms with van der Waals surface area (Å²) in [7, 11) is 0. The molecular weight excluding hydrogens is 315 g/mol. The number of piperidine rings is 1. The van der Waals surface area contributed by atoms with E-state index in [0.717, 1.165) is 25.9 Å². The minimum absolute atomic E-state index is 0.106. The fraction of sp³-hybridized carbons (Fsp3) is 0.500. The van der Waals surface area contributed by atoms with Crippen LogP contribution in [0.2, 0.25) is 5.02 Å². The molecule has 1 saturated heterocycles. The van der Waals surface area contributed by atoms with Crippen molar-refractivity contribution in [2.24, 2.45) is 5.73 Å². The van der Waals surface area contributed by atoms with Gasteiger partial charge in [-0.2, -0.15) is 11.8 Å². The van der Waals surface area contributed by atoms with Crippen molar-refractivity contribution in [3.8, 4) is 0 Å². The third-order valence-corrected chi connectivity index (χ3v) is 6.23. The lowest BCUT2D eigenvalue weighted by Gasteiger charge is -2.40. The minimum Gasteiger partial charge on any atom is -0.392 e. The number of nitrogens with zero attached hydrogens (tertiary/aromatic N) is 1. The number of halogens is 2. The molecule has 0 radical (unpaired) electrons. The first-order valence-electron chi connectivity index (χ1n) is 6.49. The van der Waals surface area contributed by atoms with Crippen LogP contribution in [0.1, 0.15) is 18.4 Å². The zero-order valence-electron chi connectivity index (χ0n) is 11.4. The van der Waals surface area contributed by atoms with Gasteiger partial charge in [-0.05, 0) is 31.2 Å². The summed E-state index contributed by atoms with van der Waals surface area (Å²) < 4.78 is 13.7. The van der Waals surface area contributed by atoms with Crippen molar-refractivity contribution >= 4 is 40.6 Å². The van der Waals surface area contributed by atoms with E-state index in [9.17, 15) is 4.39 Å². The van der Waals surface area contributed by atoms with Crippen LogP contribution in [-0.2, 0) is 6.54 Å². The molecule has 1 fully saturated rings. The zero-order valence-corrected chi connectivity index (χ0v) is 13.8. The third kappa shape index (κ3) is 3.27. The van der Waals surface area contributed by atoms with Crippen LogP contribution in [0.15, 0.2) is 18.2 Å². The highest BCUT2D eigenvalue weighted by molar-refractivity contribution is 8.02. The lowest BCUT2D eigenvalue weighted by Crippen LogP contribution is -2.49. The molecule has 1 aromatic rings. The van der Waals surface area contributed by atoms with Crippen molar-refractivity contribution in [2.75, 3.05) is 19.3 Å². The molecule has 110 valence electrons. The van der Waals surface area contributed by atoms with Crippen molar-refractivity contribution in [1.29, 1.82) is 0 Å². The van der Waals surface area contributed by atoms with Gasteiger partial charge in [-0.1, -0.05) is 29.9 Å². The zero-order chi connectivity index (χ0) is 14.8. The van der Waals surface area contributed by atoms with Crippen molar-refractivity contribution in [3.63, 3.8) is 0 Å². The van der Waals surface area contributed by atoms with E-state index in [1.165, 1.54) is 6.07 Å². The van der Waals surface area contributed by atoms with E-state index in [1.54, 1.807) is 23.9 Å². The number of thiocarbonyl (C=S) groups is 1. The smallest absolute Gasteiger partial charge is 0.129 e. The van der Waals surface area contributed by atoms with Gasteiger partial charge in [0.1, 0.15) is 5.82 Å². The highest BCUT2D eigenvalue weighted by atomic mass is 35.5. The van der Waals surface area contributed by atoms with E-state index < -0.39 is 0 Å². The topological polar surface area (TPSA) is 29.3 Å². The van der Waals surface area contributed by atoms with Crippen LogP contribution in [0, 0.1) is 5.82 Å². The Labute approximate surface area is 133 Å². The monoisotopic (exact) mass is 332 g/mol. The average molecular weight is 333 g/mol. The van der Waals surface area contributed by atoms with Gasteiger partial charge in [0.25, 0.3) is 0 Å². The van der Waals surface area contributed by atoms with Crippen LogP contribution in [0.4, 0.5) is 4.39 Å². The summed E-state index contributed by atoms with van der Waals surface area (Å²) >= 11 is 13.0. The molecular formula is C14H18ClFN2S2. The quantitative estimate of drug-likeness (QED) is 0.855. The molecule has 0 atom stereocenters. The number of nitrogens with two attached hydrogens (primary N) is 1. The molecule has 1 aliphatic heterocycles. The summed E-state index contributed by atoms with van der Waals surface area (Å²) in [5.74, 6) is -0.242. The number of benzene rings is 1. The molecule has 6 heteroatoms. The lowest BCUT2D eigenvalue weighted by molar-refractivity contribution is 0.210. The number of rotatable bonds is 4. The standard InChI is InChI=1S/C14H18ClFN2S2/c1-20-14(13(17)19)5-7-18(8-6-14)9-10-11(15)3-2-4-12(10)16/h2-4H,5-9H2,1H3,(H2,17,19). The predicted octanol–water partition coefficient (Wildman–Crippen LogP) is 3.46. The van der Waals surface area contributed by atoms with Crippen LogP contribution < -0.4 is 5.73 Å². The van der Waals surface area contributed by atoms with E-state index in [0.29, 0.717) is 22.1 Å². The van der Waals surface area contributed by atoms with Gasteiger partial charge in [-0.3, -0.25) is 4.90 Å². The van der Waals surface area contributed by atoms with Crippen molar-refractivity contribution in [3.05, 3.63) is 34.6 Å². The van der Waals surface area contributed by atoms with Gasteiger partial charge in [0.05, 0.1) is 9.74 Å². The number of likely N-dealkylation sites (tertiary alicyclic amines) is 1. The fourth-order valence-corrected chi connectivity index (χ4v) is 4.00. The summed E-state index contributed by atoms with van der Waals surface area (Å²) in [6.45, 7) is 2.24. The van der Waals surface area contributed by atoms with Gasteiger partial charge >= 0.3 is 0 Å². The van der Waals surface area contributed by atoms with E-state index in [-0.39, 0.29) is 10.6 Å². The first-order valence-corrected chi connectivity index (χ1v) is 8.50. The maximum Gasteiger partial charge on any atom is 0.129 e. The fourth-order valence-electron chi connectivity index (χ4n) is 2.53. The Bertz CT molecular complexity index is 482. The largest absolute Gasteiger partial charge is 0.392 e. The molecule has 0 amide bonds. The Morgan fingerprint density at radius 3 is 2.65 bits per heavy atom. The van der Waals surface area contributed by atoms with E-state index in [1.807, 2.05) is 6.26 Å². The van der Waals surface area contributed by atoms with E-state index in [2.05, 4.69) is 4.90 Å². The summed E-state index contributed by atoms with van der Waals surface area (Å²) in [5, 5.41) is 0.487. The molecule has 0 spiro atoms. The lowest BCUT2D eigenvalue weighted by atomic mass is 9.95. The minimum atomic E-state index is -0.242. The van der Waals surface area contributed by atoms with Gasteiger partial charge < -0.3 is 5.73 Å². The predicted molar refractivity (Wildman–Crippen MR) is 89.0 cm³/mol. The molecule has 2 N–H and O–H groups in total. The highest BCUT2D eigenvalue weighted by Gasteiger charge is 2.36. The van der Waals surface area contributed by atoms with Crippen LogP contribution in [-0.4, -0.2) is 34.0 Å². The second-order valence-corrected chi connectivity index (χ2v) is 7.08. The molecule has 1 heterocycles. The number of hydrogen-bond acceptors (Lipinski definition) is 3. The molecule has 1 aromatic carbocycles. The second kappa shape index (κ2) is 6.60. The molecule has 2 rings (SSSR count). The van der Waals surface area contributed by atoms with E-state index in [4.69, 9.17) is 29.6 Å². The van der Waals surface area contributed by atoms with Gasteiger partial charge in [0.2, 0.25) is 0 Å². The highest BCUT2D eigenvalue weighted by Crippen LogP contribution is 2.35. The summed E-state index contributed by atoms with van der Waals surface area (Å²) in [6.07, 6.45) is 3.84. The molecule has 0 aromatic heterocycles. The van der Waals surface area contributed by atoms with Crippen LogP contribution in [0.3, 0.4) is 0 Å². The number of hydrogen-bond donors (Lipinski definition) is 1. The Morgan fingerprint density at radius 2 is 2.15 bits per heavy atom.